The molecule has 1 amide bonds. The molecule has 0 aliphatic carbocycles. The summed E-state index contributed by atoms with van der Waals surface area (Å²) in [6.45, 7) is 2.76. The first-order chi connectivity index (χ1) is 12.2. The summed E-state index contributed by atoms with van der Waals surface area (Å²) < 4.78 is 11.4. The van der Waals surface area contributed by atoms with Gasteiger partial charge in [0.25, 0.3) is 0 Å². The van der Waals surface area contributed by atoms with Crippen LogP contribution < -0.4 is 0 Å². The second-order valence-corrected chi connectivity index (χ2v) is 7.36. The fourth-order valence-electron chi connectivity index (χ4n) is 3.41. The lowest BCUT2D eigenvalue weighted by atomic mass is 10.0. The first kappa shape index (κ1) is 16.7. The molecule has 2 aromatic rings. The molecule has 0 bridgehead atoms. The van der Waals surface area contributed by atoms with E-state index in [0.717, 1.165) is 29.1 Å². The number of thiazole rings is 1. The van der Waals surface area contributed by atoms with Gasteiger partial charge in [0, 0.05) is 43.3 Å². The van der Waals surface area contributed by atoms with Crippen LogP contribution in [-0.4, -0.2) is 47.9 Å². The van der Waals surface area contributed by atoms with Gasteiger partial charge in [-0.2, -0.15) is 0 Å². The van der Waals surface area contributed by atoms with Crippen molar-refractivity contribution in [3.05, 3.63) is 41.4 Å². The highest BCUT2D eigenvalue weighted by molar-refractivity contribution is 7.13. The van der Waals surface area contributed by atoms with Gasteiger partial charge in [0.05, 0.1) is 18.9 Å². The van der Waals surface area contributed by atoms with Crippen LogP contribution in [0.3, 0.4) is 0 Å². The molecular formula is C19H22N2O3S. The quantitative estimate of drug-likeness (QED) is 0.843. The van der Waals surface area contributed by atoms with Crippen LogP contribution in [0.2, 0.25) is 0 Å². The number of aromatic nitrogens is 1. The smallest absolute Gasteiger partial charge is 0.222 e. The lowest BCUT2D eigenvalue weighted by Crippen LogP contribution is -2.47. The van der Waals surface area contributed by atoms with E-state index in [0.29, 0.717) is 39.1 Å². The van der Waals surface area contributed by atoms with E-state index in [9.17, 15) is 4.79 Å². The zero-order valence-electron chi connectivity index (χ0n) is 14.1. The third kappa shape index (κ3) is 3.76. The monoisotopic (exact) mass is 358 g/mol. The maximum absolute atomic E-state index is 12.5. The number of likely N-dealkylation sites (tertiary alicyclic amines) is 1. The van der Waals surface area contributed by atoms with Gasteiger partial charge in [0.2, 0.25) is 5.91 Å². The Hall–Kier alpha value is -1.76. The van der Waals surface area contributed by atoms with Crippen LogP contribution in [0.1, 0.15) is 25.0 Å². The molecule has 2 aliphatic rings. The second kappa shape index (κ2) is 7.23. The van der Waals surface area contributed by atoms with Gasteiger partial charge in [-0.1, -0.05) is 30.3 Å². The summed E-state index contributed by atoms with van der Waals surface area (Å²) in [6, 6.07) is 10.2. The van der Waals surface area contributed by atoms with E-state index in [4.69, 9.17) is 9.47 Å². The summed E-state index contributed by atoms with van der Waals surface area (Å²) in [5.41, 5.74) is 2.12. The third-order valence-corrected chi connectivity index (χ3v) is 5.80. The summed E-state index contributed by atoms with van der Waals surface area (Å²) in [5, 5.41) is 3.07. The number of hydrogen-bond acceptors (Lipinski definition) is 5. The van der Waals surface area contributed by atoms with Crippen molar-refractivity contribution in [2.45, 2.75) is 31.5 Å². The summed E-state index contributed by atoms with van der Waals surface area (Å²) in [6.07, 6.45) is 2.74. The van der Waals surface area contributed by atoms with E-state index >= 15 is 0 Å². The molecule has 4 rings (SSSR count). The van der Waals surface area contributed by atoms with E-state index < -0.39 is 5.79 Å². The number of nitrogens with zero attached hydrogens (tertiary/aromatic N) is 2. The molecular weight excluding hydrogens is 336 g/mol. The maximum atomic E-state index is 12.5. The molecule has 6 heteroatoms. The van der Waals surface area contributed by atoms with Gasteiger partial charge < -0.3 is 14.4 Å². The standard InChI is InChI=1S/C19H22N2O3S/c22-17(21-10-8-19(9-11-21)23-12-13-24-19)7-6-16-14-25-18(20-16)15-4-2-1-3-5-15/h1-5,14H,6-13H2. The first-order valence-corrected chi connectivity index (χ1v) is 9.68. The molecule has 2 fully saturated rings. The average molecular weight is 358 g/mol. The van der Waals surface area contributed by atoms with Gasteiger partial charge in [-0.05, 0) is 6.42 Å². The summed E-state index contributed by atoms with van der Waals surface area (Å²) >= 11 is 1.63. The minimum atomic E-state index is -0.420. The van der Waals surface area contributed by atoms with Crippen molar-refractivity contribution in [2.75, 3.05) is 26.3 Å². The SMILES string of the molecule is O=C(CCc1csc(-c2ccccc2)n1)N1CCC2(CC1)OCCO2. The van der Waals surface area contributed by atoms with Crippen molar-refractivity contribution >= 4 is 17.2 Å². The van der Waals surface area contributed by atoms with Gasteiger partial charge >= 0.3 is 0 Å². The van der Waals surface area contributed by atoms with E-state index in [-0.39, 0.29) is 5.91 Å². The van der Waals surface area contributed by atoms with Crippen LogP contribution in [0, 0.1) is 0 Å². The summed E-state index contributed by atoms with van der Waals surface area (Å²) in [5.74, 6) is -0.224. The number of benzene rings is 1. The molecule has 1 aromatic carbocycles. The molecule has 5 nitrogen and oxygen atoms in total. The Labute approximate surface area is 151 Å². The van der Waals surface area contributed by atoms with Crippen LogP contribution in [-0.2, 0) is 20.7 Å². The van der Waals surface area contributed by atoms with E-state index in [1.165, 1.54) is 0 Å². The lowest BCUT2D eigenvalue weighted by molar-refractivity contribution is -0.187. The number of hydrogen-bond donors (Lipinski definition) is 0. The number of amides is 1. The fourth-order valence-corrected chi connectivity index (χ4v) is 4.27. The second-order valence-electron chi connectivity index (χ2n) is 6.50. The normalized spacial score (nSPS) is 19.4. The number of carbonyl (C=O) groups is 1. The van der Waals surface area contributed by atoms with Gasteiger partial charge in [-0.15, -0.1) is 11.3 Å². The van der Waals surface area contributed by atoms with E-state index in [1.54, 1.807) is 11.3 Å². The lowest BCUT2D eigenvalue weighted by Gasteiger charge is -2.37. The van der Waals surface area contributed by atoms with Gasteiger partial charge in [0.1, 0.15) is 5.01 Å². The van der Waals surface area contributed by atoms with Crippen molar-refractivity contribution in [1.82, 2.24) is 9.88 Å². The minimum Gasteiger partial charge on any atom is -0.347 e. The number of carbonyl (C=O) groups excluding carboxylic acids is 1. The van der Waals surface area contributed by atoms with E-state index in [2.05, 4.69) is 22.5 Å². The zero-order chi connectivity index (χ0) is 17.1. The van der Waals surface area contributed by atoms with Crippen LogP contribution in [0.15, 0.2) is 35.7 Å². The topological polar surface area (TPSA) is 51.7 Å². The van der Waals surface area contributed by atoms with Gasteiger partial charge in [-0.3, -0.25) is 4.79 Å². The molecule has 2 saturated heterocycles. The van der Waals surface area contributed by atoms with Crippen molar-refractivity contribution in [1.29, 1.82) is 0 Å². The predicted molar refractivity (Wildman–Crippen MR) is 96.3 cm³/mol. The molecule has 2 aliphatic heterocycles. The molecule has 3 heterocycles. The van der Waals surface area contributed by atoms with Crippen molar-refractivity contribution in [2.24, 2.45) is 0 Å². The molecule has 1 spiro atoms. The Kier molecular flexibility index (Phi) is 4.83. The highest BCUT2D eigenvalue weighted by Crippen LogP contribution is 2.31. The van der Waals surface area contributed by atoms with E-state index in [1.807, 2.05) is 23.1 Å². The average Bonchev–Trinajstić information content (AvgIpc) is 3.31. The summed E-state index contributed by atoms with van der Waals surface area (Å²) in [4.78, 5) is 19.1. The van der Waals surface area contributed by atoms with Crippen LogP contribution in [0.4, 0.5) is 0 Å². The molecule has 0 radical (unpaired) electrons. The van der Waals surface area contributed by atoms with Crippen molar-refractivity contribution in [3.8, 4) is 10.6 Å². The number of rotatable bonds is 4. The van der Waals surface area contributed by atoms with Gasteiger partial charge in [0.15, 0.2) is 5.79 Å². The molecule has 0 N–H and O–H groups in total. The Bertz CT molecular complexity index is 715. The number of piperidine rings is 1. The minimum absolute atomic E-state index is 0.196. The van der Waals surface area contributed by atoms with Crippen molar-refractivity contribution < 1.29 is 14.3 Å². The summed E-state index contributed by atoms with van der Waals surface area (Å²) in [7, 11) is 0. The van der Waals surface area contributed by atoms with Crippen LogP contribution in [0.25, 0.3) is 10.6 Å². The van der Waals surface area contributed by atoms with Crippen molar-refractivity contribution in [3.63, 3.8) is 0 Å². The fraction of sp³-hybridized carbons (Fsp3) is 0.474. The third-order valence-electron chi connectivity index (χ3n) is 4.86. The first-order valence-electron chi connectivity index (χ1n) is 8.80. The highest BCUT2D eigenvalue weighted by Gasteiger charge is 2.40. The zero-order valence-corrected chi connectivity index (χ0v) is 15.0. The molecule has 0 atom stereocenters. The largest absolute Gasteiger partial charge is 0.347 e. The Balaban J connectivity index is 1.29. The molecule has 0 saturated carbocycles. The molecule has 25 heavy (non-hydrogen) atoms. The molecule has 0 unspecified atom stereocenters. The number of ether oxygens (including phenoxy) is 2. The van der Waals surface area contributed by atoms with Gasteiger partial charge in [-0.25, -0.2) is 4.98 Å². The molecule has 1 aromatic heterocycles. The maximum Gasteiger partial charge on any atom is 0.222 e. The Morgan fingerprint density at radius 2 is 1.88 bits per heavy atom. The predicted octanol–water partition coefficient (Wildman–Crippen LogP) is 3.11. The molecule has 132 valence electrons. The Morgan fingerprint density at radius 3 is 2.60 bits per heavy atom. The Morgan fingerprint density at radius 1 is 1.16 bits per heavy atom. The number of aryl methyl sites for hydroxylation is 1. The highest BCUT2D eigenvalue weighted by atomic mass is 32.1. The van der Waals surface area contributed by atoms with Crippen LogP contribution in [0.5, 0.6) is 0 Å². The van der Waals surface area contributed by atoms with Crippen LogP contribution >= 0.6 is 11.3 Å².